The van der Waals surface area contributed by atoms with Gasteiger partial charge in [0.1, 0.15) is 6.04 Å². The molecule has 1 fully saturated rings. The van der Waals surface area contributed by atoms with Gasteiger partial charge >= 0.3 is 0 Å². The summed E-state index contributed by atoms with van der Waals surface area (Å²) in [6.45, 7) is 3.54. The Labute approximate surface area is 96.2 Å². The number of nitrogens with one attached hydrogen (secondary N) is 2. The van der Waals surface area contributed by atoms with Crippen LogP contribution in [0.3, 0.4) is 0 Å². The lowest BCUT2D eigenvalue weighted by atomic mass is 10.1. The van der Waals surface area contributed by atoms with E-state index in [1.807, 2.05) is 11.8 Å². The molecular weight excluding hydrogens is 206 g/mol. The minimum Gasteiger partial charge on any atom is -0.344 e. The molecule has 0 radical (unpaired) electrons. The Hall–Kier alpha value is -1.30. The van der Waals surface area contributed by atoms with Crippen LogP contribution in [0.4, 0.5) is 0 Å². The van der Waals surface area contributed by atoms with Crippen molar-refractivity contribution in [2.45, 2.75) is 32.2 Å². The van der Waals surface area contributed by atoms with E-state index in [2.05, 4.69) is 15.7 Å². The summed E-state index contributed by atoms with van der Waals surface area (Å²) >= 11 is 0. The number of guanidine groups is 1. The summed E-state index contributed by atoms with van der Waals surface area (Å²) in [6.07, 6.45) is 3.42. The van der Waals surface area contributed by atoms with Crippen LogP contribution < -0.4 is 16.6 Å². The van der Waals surface area contributed by atoms with E-state index in [0.717, 1.165) is 25.9 Å². The number of amides is 1. The van der Waals surface area contributed by atoms with Crippen molar-refractivity contribution in [2.24, 2.45) is 10.8 Å². The first-order chi connectivity index (χ1) is 7.69. The normalized spacial score (nSPS) is 19.2. The van der Waals surface area contributed by atoms with E-state index in [0.29, 0.717) is 5.96 Å². The van der Waals surface area contributed by atoms with Crippen molar-refractivity contribution in [1.29, 1.82) is 0 Å². The molecule has 0 spiro atoms. The largest absolute Gasteiger partial charge is 0.344 e. The summed E-state index contributed by atoms with van der Waals surface area (Å²) in [5.74, 6) is 5.78. The van der Waals surface area contributed by atoms with E-state index in [1.54, 1.807) is 7.05 Å². The van der Waals surface area contributed by atoms with E-state index in [4.69, 9.17) is 5.84 Å². The predicted molar refractivity (Wildman–Crippen MR) is 63.7 cm³/mol. The number of carbonyl (C=O) groups excluding carboxylic acids is 1. The van der Waals surface area contributed by atoms with Gasteiger partial charge in [0.15, 0.2) is 0 Å². The first-order valence-electron chi connectivity index (χ1n) is 5.67. The van der Waals surface area contributed by atoms with Crippen LogP contribution in [0, 0.1) is 0 Å². The van der Waals surface area contributed by atoms with Gasteiger partial charge in [-0.1, -0.05) is 0 Å². The van der Waals surface area contributed by atoms with Crippen molar-refractivity contribution in [3.05, 3.63) is 0 Å². The maximum atomic E-state index is 12.0. The number of nitrogens with two attached hydrogens (primary N) is 1. The zero-order valence-electron chi connectivity index (χ0n) is 9.99. The lowest BCUT2D eigenvalue weighted by Crippen LogP contribution is -2.52. The molecule has 0 aromatic heterocycles. The zero-order valence-corrected chi connectivity index (χ0v) is 9.99. The standard InChI is InChI=1S/C10H21N5O/c1-8(13-10(12-2)14-11)9(16)15-6-4-3-5-7-15/h8H,3-7,11H2,1-2H3,(H2,12,13,14). The second-order valence-electron chi connectivity index (χ2n) is 3.97. The van der Waals surface area contributed by atoms with Gasteiger partial charge in [0.25, 0.3) is 0 Å². The highest BCUT2D eigenvalue weighted by Crippen LogP contribution is 2.09. The summed E-state index contributed by atoms with van der Waals surface area (Å²) in [7, 11) is 1.61. The van der Waals surface area contributed by atoms with Crippen molar-refractivity contribution in [1.82, 2.24) is 15.6 Å². The number of carbonyl (C=O) groups is 1. The number of rotatable bonds is 2. The maximum absolute atomic E-state index is 12.0. The van der Waals surface area contributed by atoms with Gasteiger partial charge < -0.3 is 10.2 Å². The molecule has 1 heterocycles. The van der Waals surface area contributed by atoms with Gasteiger partial charge in [0.2, 0.25) is 11.9 Å². The SMILES string of the molecule is CN=C(NN)NC(C)C(=O)N1CCCCC1. The Bertz CT molecular complexity index is 260. The molecule has 4 N–H and O–H groups in total. The number of likely N-dealkylation sites (tertiary alicyclic amines) is 1. The molecular formula is C10H21N5O. The van der Waals surface area contributed by atoms with Gasteiger partial charge in [-0.15, -0.1) is 0 Å². The molecule has 1 unspecified atom stereocenters. The van der Waals surface area contributed by atoms with Crippen molar-refractivity contribution in [2.75, 3.05) is 20.1 Å². The van der Waals surface area contributed by atoms with Gasteiger partial charge in [0, 0.05) is 20.1 Å². The van der Waals surface area contributed by atoms with E-state index in [9.17, 15) is 4.79 Å². The highest BCUT2D eigenvalue weighted by Gasteiger charge is 2.22. The van der Waals surface area contributed by atoms with Crippen molar-refractivity contribution < 1.29 is 4.79 Å². The van der Waals surface area contributed by atoms with Crippen LogP contribution in [0.2, 0.25) is 0 Å². The first-order valence-corrected chi connectivity index (χ1v) is 5.67. The molecule has 6 nitrogen and oxygen atoms in total. The number of hydrazine groups is 1. The van der Waals surface area contributed by atoms with Crippen LogP contribution in [0.15, 0.2) is 4.99 Å². The quantitative estimate of drug-likeness (QED) is 0.255. The van der Waals surface area contributed by atoms with E-state index in [1.165, 1.54) is 6.42 Å². The fourth-order valence-electron chi connectivity index (χ4n) is 1.83. The summed E-state index contributed by atoms with van der Waals surface area (Å²) in [5, 5.41) is 2.94. The topological polar surface area (TPSA) is 82.7 Å². The predicted octanol–water partition coefficient (Wildman–Crippen LogP) is -0.574. The van der Waals surface area contributed by atoms with Crippen LogP contribution in [0.5, 0.6) is 0 Å². The van der Waals surface area contributed by atoms with E-state index >= 15 is 0 Å². The molecule has 16 heavy (non-hydrogen) atoms. The number of hydrogen-bond acceptors (Lipinski definition) is 3. The molecule has 1 aliphatic heterocycles. The number of piperidine rings is 1. The molecule has 1 atom stereocenters. The number of aliphatic imine (C=N–C) groups is 1. The Morgan fingerprint density at radius 3 is 2.50 bits per heavy atom. The third kappa shape index (κ3) is 3.37. The Morgan fingerprint density at radius 1 is 1.38 bits per heavy atom. The lowest BCUT2D eigenvalue weighted by molar-refractivity contribution is -0.133. The van der Waals surface area contributed by atoms with E-state index < -0.39 is 0 Å². The van der Waals surface area contributed by atoms with Crippen LogP contribution in [-0.4, -0.2) is 42.9 Å². The highest BCUT2D eigenvalue weighted by molar-refractivity contribution is 5.88. The number of nitrogens with zero attached hydrogens (tertiary/aromatic N) is 2. The second-order valence-corrected chi connectivity index (χ2v) is 3.97. The van der Waals surface area contributed by atoms with Crippen LogP contribution >= 0.6 is 0 Å². The monoisotopic (exact) mass is 227 g/mol. The van der Waals surface area contributed by atoms with E-state index in [-0.39, 0.29) is 11.9 Å². The lowest BCUT2D eigenvalue weighted by Gasteiger charge is -2.29. The molecule has 92 valence electrons. The van der Waals surface area contributed by atoms with Crippen LogP contribution in [0.25, 0.3) is 0 Å². The molecule has 0 aromatic carbocycles. The maximum Gasteiger partial charge on any atom is 0.244 e. The van der Waals surface area contributed by atoms with Gasteiger partial charge in [-0.25, -0.2) is 5.84 Å². The summed E-state index contributed by atoms with van der Waals surface area (Å²) in [4.78, 5) is 17.8. The second kappa shape index (κ2) is 6.32. The molecule has 0 aromatic rings. The minimum absolute atomic E-state index is 0.108. The third-order valence-corrected chi connectivity index (χ3v) is 2.75. The van der Waals surface area contributed by atoms with Gasteiger partial charge in [-0.3, -0.25) is 15.2 Å². The summed E-state index contributed by atoms with van der Waals surface area (Å²) < 4.78 is 0. The molecule has 0 aliphatic carbocycles. The number of hydrogen-bond donors (Lipinski definition) is 3. The molecule has 6 heteroatoms. The summed E-state index contributed by atoms with van der Waals surface area (Å²) in [6, 6.07) is -0.298. The Morgan fingerprint density at radius 2 is 2.00 bits per heavy atom. The van der Waals surface area contributed by atoms with Gasteiger partial charge in [0.05, 0.1) is 0 Å². The van der Waals surface area contributed by atoms with Gasteiger partial charge in [-0.2, -0.15) is 0 Å². The van der Waals surface area contributed by atoms with Crippen LogP contribution in [-0.2, 0) is 4.79 Å². The Kier molecular flexibility index (Phi) is 5.04. The molecule has 0 saturated carbocycles. The van der Waals surface area contributed by atoms with Crippen LogP contribution in [0.1, 0.15) is 26.2 Å². The third-order valence-electron chi connectivity index (χ3n) is 2.75. The average molecular weight is 227 g/mol. The molecule has 1 aliphatic rings. The highest BCUT2D eigenvalue weighted by atomic mass is 16.2. The molecule has 1 saturated heterocycles. The fourth-order valence-corrected chi connectivity index (χ4v) is 1.83. The molecule has 0 bridgehead atoms. The fraction of sp³-hybridized carbons (Fsp3) is 0.800. The van der Waals surface area contributed by atoms with Crippen molar-refractivity contribution >= 4 is 11.9 Å². The first kappa shape index (κ1) is 12.8. The Balaban J connectivity index is 2.46. The zero-order chi connectivity index (χ0) is 12.0. The van der Waals surface area contributed by atoms with Gasteiger partial charge in [-0.05, 0) is 26.2 Å². The summed E-state index contributed by atoms with van der Waals surface area (Å²) in [5.41, 5.74) is 2.41. The van der Waals surface area contributed by atoms with Crippen molar-refractivity contribution in [3.63, 3.8) is 0 Å². The molecule has 1 rings (SSSR count). The van der Waals surface area contributed by atoms with Crippen molar-refractivity contribution in [3.8, 4) is 0 Å². The average Bonchev–Trinajstić information content (AvgIpc) is 2.35. The smallest absolute Gasteiger partial charge is 0.244 e. The molecule has 1 amide bonds. The minimum atomic E-state index is -0.298.